The third kappa shape index (κ3) is 5.70. The number of nitrogens with one attached hydrogen (secondary N) is 1. The van der Waals surface area contributed by atoms with Gasteiger partial charge in [-0.2, -0.15) is 4.31 Å². The molecule has 1 amide bonds. The Labute approximate surface area is 194 Å². The standard InChI is InChI=1S/C24H30FN3O4S/c25-20-9-4-5-11-22(20)33(30,31)28-15-12-19(13-16-28)24(29)27-23-21(10-6-14-26-23)32-17-18-7-2-1-3-8-18/h4-6,9-11,14,18-19H,1-3,7-8,12-13,15-17H2,(H,26,27,29). The van der Waals surface area contributed by atoms with E-state index in [4.69, 9.17) is 4.74 Å². The summed E-state index contributed by atoms with van der Waals surface area (Å²) < 4.78 is 46.8. The number of piperidine rings is 1. The van der Waals surface area contributed by atoms with Gasteiger partial charge in [0.2, 0.25) is 15.9 Å². The summed E-state index contributed by atoms with van der Waals surface area (Å²) in [6, 6.07) is 8.92. The van der Waals surface area contributed by atoms with Crippen LogP contribution in [0.3, 0.4) is 0 Å². The largest absolute Gasteiger partial charge is 0.489 e. The second-order valence-electron chi connectivity index (χ2n) is 8.76. The fraction of sp³-hybridized carbons (Fsp3) is 0.500. The van der Waals surface area contributed by atoms with Crippen LogP contribution >= 0.6 is 0 Å². The van der Waals surface area contributed by atoms with Gasteiger partial charge in [-0.3, -0.25) is 4.79 Å². The minimum Gasteiger partial charge on any atom is -0.489 e. The summed E-state index contributed by atoms with van der Waals surface area (Å²) in [5, 5.41) is 2.86. The van der Waals surface area contributed by atoms with Gasteiger partial charge in [-0.1, -0.05) is 31.4 Å². The number of aromatic nitrogens is 1. The molecule has 2 aromatic rings. The number of pyridine rings is 1. The first-order chi connectivity index (χ1) is 15.9. The first-order valence-corrected chi connectivity index (χ1v) is 13.0. The Balaban J connectivity index is 1.34. The van der Waals surface area contributed by atoms with Gasteiger partial charge in [0.25, 0.3) is 0 Å². The van der Waals surface area contributed by atoms with Gasteiger partial charge in [0, 0.05) is 25.2 Å². The summed E-state index contributed by atoms with van der Waals surface area (Å²) in [6.45, 7) is 0.922. The Morgan fingerprint density at radius 2 is 1.79 bits per heavy atom. The highest BCUT2D eigenvalue weighted by atomic mass is 32.2. The summed E-state index contributed by atoms with van der Waals surface area (Å²) in [4.78, 5) is 16.8. The number of hydrogen-bond donors (Lipinski definition) is 1. The van der Waals surface area contributed by atoms with Gasteiger partial charge in [-0.05, 0) is 55.9 Å². The van der Waals surface area contributed by atoms with Crippen molar-refractivity contribution in [2.75, 3.05) is 25.0 Å². The molecule has 1 aromatic heterocycles. The number of ether oxygens (including phenoxy) is 1. The van der Waals surface area contributed by atoms with Crippen LogP contribution in [0.4, 0.5) is 10.2 Å². The molecule has 2 heterocycles. The minimum absolute atomic E-state index is 0.155. The number of rotatable bonds is 7. The van der Waals surface area contributed by atoms with Crippen LogP contribution in [0.2, 0.25) is 0 Å². The van der Waals surface area contributed by atoms with Crippen molar-refractivity contribution >= 4 is 21.7 Å². The summed E-state index contributed by atoms with van der Waals surface area (Å²) in [6.07, 6.45) is 8.38. The highest BCUT2D eigenvalue weighted by molar-refractivity contribution is 7.89. The van der Waals surface area contributed by atoms with Crippen molar-refractivity contribution in [2.45, 2.75) is 49.8 Å². The van der Waals surface area contributed by atoms with Gasteiger partial charge < -0.3 is 10.1 Å². The van der Waals surface area contributed by atoms with Gasteiger partial charge in [-0.25, -0.2) is 17.8 Å². The lowest BCUT2D eigenvalue weighted by Gasteiger charge is -2.30. The second-order valence-corrected chi connectivity index (χ2v) is 10.7. The van der Waals surface area contributed by atoms with E-state index in [0.717, 1.165) is 18.9 Å². The molecule has 0 radical (unpaired) electrons. The monoisotopic (exact) mass is 475 g/mol. The van der Waals surface area contributed by atoms with E-state index in [1.807, 2.05) is 0 Å². The van der Waals surface area contributed by atoms with E-state index in [2.05, 4.69) is 10.3 Å². The number of carbonyl (C=O) groups excluding carboxylic acids is 1. The molecule has 9 heteroatoms. The number of anilines is 1. The first-order valence-electron chi connectivity index (χ1n) is 11.6. The van der Waals surface area contributed by atoms with Crippen LogP contribution in [-0.4, -0.2) is 43.3 Å². The van der Waals surface area contributed by atoms with Gasteiger partial charge in [-0.15, -0.1) is 0 Å². The highest BCUT2D eigenvalue weighted by Crippen LogP contribution is 2.29. The lowest BCUT2D eigenvalue weighted by atomic mass is 9.90. The number of sulfonamides is 1. The number of benzene rings is 1. The molecule has 1 aromatic carbocycles. The third-order valence-corrected chi connectivity index (χ3v) is 8.42. The maximum atomic E-state index is 14.0. The van der Waals surface area contributed by atoms with Crippen LogP contribution in [0.1, 0.15) is 44.9 Å². The lowest BCUT2D eigenvalue weighted by molar-refractivity contribution is -0.121. The van der Waals surface area contributed by atoms with E-state index in [0.29, 0.717) is 36.9 Å². The average molecular weight is 476 g/mol. The van der Waals surface area contributed by atoms with Gasteiger partial charge in [0.15, 0.2) is 11.6 Å². The second kappa shape index (κ2) is 10.6. The van der Waals surface area contributed by atoms with Gasteiger partial charge >= 0.3 is 0 Å². The van der Waals surface area contributed by atoms with E-state index < -0.39 is 15.8 Å². The van der Waals surface area contributed by atoms with Crippen molar-refractivity contribution in [1.82, 2.24) is 9.29 Å². The molecule has 7 nitrogen and oxygen atoms in total. The fourth-order valence-electron chi connectivity index (χ4n) is 4.53. The Bertz CT molecular complexity index is 1060. The smallest absolute Gasteiger partial charge is 0.245 e. The number of nitrogens with zero attached hydrogens (tertiary/aromatic N) is 2. The molecule has 1 saturated carbocycles. The Morgan fingerprint density at radius 3 is 2.52 bits per heavy atom. The molecule has 1 N–H and O–H groups in total. The normalized spacial score (nSPS) is 18.7. The van der Waals surface area contributed by atoms with Crippen molar-refractivity contribution < 1.29 is 22.3 Å². The fourth-order valence-corrected chi connectivity index (χ4v) is 6.07. The molecule has 0 bridgehead atoms. The van der Waals surface area contributed by atoms with E-state index >= 15 is 0 Å². The molecule has 178 valence electrons. The number of halogens is 1. The van der Waals surface area contributed by atoms with Crippen molar-refractivity contribution in [2.24, 2.45) is 11.8 Å². The molecule has 0 spiro atoms. The summed E-state index contributed by atoms with van der Waals surface area (Å²) in [7, 11) is -3.93. The number of carbonyl (C=O) groups is 1. The third-order valence-electron chi connectivity index (χ3n) is 6.49. The van der Waals surface area contributed by atoms with Crippen molar-refractivity contribution in [1.29, 1.82) is 0 Å². The van der Waals surface area contributed by atoms with Crippen molar-refractivity contribution in [3.63, 3.8) is 0 Å². The van der Waals surface area contributed by atoms with Crippen LogP contribution in [-0.2, 0) is 14.8 Å². The molecule has 0 unspecified atom stereocenters. The average Bonchev–Trinajstić information content (AvgIpc) is 2.84. The quantitative estimate of drug-likeness (QED) is 0.648. The first kappa shape index (κ1) is 23.6. The topological polar surface area (TPSA) is 88.6 Å². The number of hydrogen-bond acceptors (Lipinski definition) is 5. The SMILES string of the molecule is O=C(Nc1ncccc1OCC1CCCCC1)C1CCN(S(=O)(=O)c2ccccc2F)CC1. The summed E-state index contributed by atoms with van der Waals surface area (Å²) >= 11 is 0. The molecule has 33 heavy (non-hydrogen) atoms. The molecule has 1 aliphatic heterocycles. The van der Waals surface area contributed by atoms with E-state index in [1.54, 1.807) is 18.3 Å². The zero-order chi connectivity index (χ0) is 23.3. The Hall–Kier alpha value is -2.52. The predicted molar refractivity (Wildman–Crippen MR) is 123 cm³/mol. The van der Waals surface area contributed by atoms with Gasteiger partial charge in [0.1, 0.15) is 10.7 Å². The van der Waals surface area contributed by atoms with Crippen LogP contribution < -0.4 is 10.1 Å². The van der Waals surface area contributed by atoms with E-state index in [9.17, 15) is 17.6 Å². The molecule has 2 aliphatic rings. The van der Waals surface area contributed by atoms with Crippen LogP contribution in [0, 0.1) is 17.7 Å². The molecule has 4 rings (SSSR count). The molecule has 1 saturated heterocycles. The summed E-state index contributed by atoms with van der Waals surface area (Å²) in [5.74, 6) is 0.136. The van der Waals surface area contributed by atoms with Crippen LogP contribution in [0.15, 0.2) is 47.5 Å². The highest BCUT2D eigenvalue weighted by Gasteiger charge is 2.33. The molecule has 0 atom stereocenters. The van der Waals surface area contributed by atoms with E-state index in [1.165, 1.54) is 41.8 Å². The summed E-state index contributed by atoms with van der Waals surface area (Å²) in [5.41, 5.74) is 0. The Morgan fingerprint density at radius 1 is 1.06 bits per heavy atom. The van der Waals surface area contributed by atoms with Crippen molar-refractivity contribution in [3.05, 3.63) is 48.4 Å². The maximum Gasteiger partial charge on any atom is 0.245 e. The minimum atomic E-state index is -3.93. The zero-order valence-electron chi connectivity index (χ0n) is 18.6. The Kier molecular flexibility index (Phi) is 7.60. The predicted octanol–water partition coefficient (Wildman–Crippen LogP) is 4.22. The molecular weight excluding hydrogens is 445 g/mol. The molecule has 1 aliphatic carbocycles. The lowest BCUT2D eigenvalue weighted by Crippen LogP contribution is -2.41. The molecular formula is C24H30FN3O4S. The van der Waals surface area contributed by atoms with Crippen molar-refractivity contribution in [3.8, 4) is 5.75 Å². The zero-order valence-corrected chi connectivity index (χ0v) is 19.4. The number of amides is 1. The van der Waals surface area contributed by atoms with Crippen LogP contribution in [0.5, 0.6) is 5.75 Å². The maximum absolute atomic E-state index is 14.0. The van der Waals surface area contributed by atoms with Gasteiger partial charge in [0.05, 0.1) is 6.61 Å². The molecule has 2 fully saturated rings. The van der Waals surface area contributed by atoms with E-state index in [-0.39, 0.29) is 29.8 Å². The van der Waals surface area contributed by atoms with Crippen LogP contribution in [0.25, 0.3) is 0 Å².